The van der Waals surface area contributed by atoms with Crippen LogP contribution in [-0.4, -0.2) is 4.98 Å². The first kappa shape index (κ1) is 9.15. The summed E-state index contributed by atoms with van der Waals surface area (Å²) in [4.78, 5) is 4.29. The molecule has 0 unspecified atom stereocenters. The van der Waals surface area contributed by atoms with Gasteiger partial charge in [0.05, 0.1) is 10.7 Å². The average Bonchev–Trinajstić information content (AvgIpc) is 2.51. The van der Waals surface area contributed by atoms with Crippen LogP contribution >= 0.6 is 11.3 Å². The molecule has 0 aliphatic rings. The third-order valence-electron chi connectivity index (χ3n) is 1.91. The molecule has 14 heavy (non-hydrogen) atoms. The number of nitrogens with zero attached hydrogens (tertiary/aromatic N) is 1. The molecule has 2 nitrogen and oxygen atoms in total. The highest BCUT2D eigenvalue weighted by molar-refractivity contribution is 7.09. The molecule has 4 heteroatoms. The maximum atomic E-state index is 12.8. The lowest BCUT2D eigenvalue weighted by molar-refractivity contribution is 0.628. The normalized spacial score (nSPS) is 10.4. The van der Waals surface area contributed by atoms with Gasteiger partial charge in [-0.15, -0.1) is 11.3 Å². The smallest absolute Gasteiger partial charge is 0.125 e. The summed E-state index contributed by atoms with van der Waals surface area (Å²) in [6.07, 6.45) is 0. The predicted octanol–water partition coefficient (Wildman–Crippen LogP) is 2.84. The monoisotopic (exact) mass is 208 g/mol. The zero-order valence-electron chi connectivity index (χ0n) is 7.62. The topological polar surface area (TPSA) is 38.9 Å². The fourth-order valence-electron chi connectivity index (χ4n) is 1.25. The fourth-order valence-corrected chi connectivity index (χ4v) is 1.87. The third-order valence-corrected chi connectivity index (χ3v) is 2.68. The number of halogens is 1. The second-order valence-corrected chi connectivity index (χ2v) is 4.05. The van der Waals surface area contributed by atoms with Gasteiger partial charge in [-0.2, -0.15) is 0 Å². The Morgan fingerprint density at radius 1 is 1.43 bits per heavy atom. The van der Waals surface area contributed by atoms with Crippen molar-refractivity contribution >= 4 is 17.0 Å². The Bertz CT molecular complexity index is 465. The average molecular weight is 208 g/mol. The molecule has 0 spiro atoms. The predicted molar refractivity (Wildman–Crippen MR) is 56.7 cm³/mol. The lowest BCUT2D eigenvalue weighted by Crippen LogP contribution is -1.91. The summed E-state index contributed by atoms with van der Waals surface area (Å²) in [5.74, 6) is -0.321. The second kappa shape index (κ2) is 3.38. The highest BCUT2D eigenvalue weighted by atomic mass is 32.1. The van der Waals surface area contributed by atoms with Gasteiger partial charge < -0.3 is 5.73 Å². The number of hydrogen-bond acceptors (Lipinski definition) is 3. The molecule has 72 valence electrons. The van der Waals surface area contributed by atoms with Gasteiger partial charge in [0.15, 0.2) is 0 Å². The van der Waals surface area contributed by atoms with Gasteiger partial charge in [-0.3, -0.25) is 0 Å². The van der Waals surface area contributed by atoms with Crippen molar-refractivity contribution in [3.63, 3.8) is 0 Å². The first-order chi connectivity index (χ1) is 6.66. The van der Waals surface area contributed by atoms with Gasteiger partial charge in [0.25, 0.3) is 0 Å². The van der Waals surface area contributed by atoms with Gasteiger partial charge in [0, 0.05) is 16.6 Å². The Kier molecular flexibility index (Phi) is 2.21. The molecular weight excluding hydrogens is 199 g/mol. The molecule has 1 aromatic heterocycles. The van der Waals surface area contributed by atoms with Crippen LogP contribution in [0.15, 0.2) is 23.6 Å². The van der Waals surface area contributed by atoms with E-state index in [0.717, 1.165) is 16.3 Å². The van der Waals surface area contributed by atoms with Crippen LogP contribution in [0.3, 0.4) is 0 Å². The van der Waals surface area contributed by atoms with Crippen molar-refractivity contribution in [2.75, 3.05) is 5.73 Å². The summed E-state index contributed by atoms with van der Waals surface area (Å²) in [6.45, 7) is 1.92. The second-order valence-electron chi connectivity index (χ2n) is 2.98. The zero-order valence-corrected chi connectivity index (χ0v) is 8.44. The Morgan fingerprint density at radius 3 is 2.79 bits per heavy atom. The van der Waals surface area contributed by atoms with E-state index in [1.165, 1.54) is 12.1 Å². The van der Waals surface area contributed by atoms with Crippen LogP contribution in [-0.2, 0) is 0 Å². The molecule has 0 amide bonds. The molecule has 2 N–H and O–H groups in total. The number of aromatic nitrogens is 1. The first-order valence-electron chi connectivity index (χ1n) is 4.14. The van der Waals surface area contributed by atoms with Gasteiger partial charge in [-0.1, -0.05) is 0 Å². The molecule has 2 rings (SSSR count). The number of aryl methyl sites for hydroxylation is 1. The maximum absolute atomic E-state index is 12.8. The van der Waals surface area contributed by atoms with E-state index in [1.54, 1.807) is 17.4 Å². The van der Waals surface area contributed by atoms with Crippen LogP contribution in [0.5, 0.6) is 0 Å². The summed E-state index contributed by atoms with van der Waals surface area (Å²) >= 11 is 1.55. The Hall–Kier alpha value is -1.42. The van der Waals surface area contributed by atoms with Gasteiger partial charge in [-0.05, 0) is 25.1 Å². The molecule has 0 aliphatic heterocycles. The number of hydrogen-bond donors (Lipinski definition) is 1. The molecule has 0 atom stereocenters. The zero-order chi connectivity index (χ0) is 10.1. The van der Waals surface area contributed by atoms with E-state index >= 15 is 0 Å². The van der Waals surface area contributed by atoms with Gasteiger partial charge in [0.2, 0.25) is 0 Å². The summed E-state index contributed by atoms with van der Waals surface area (Å²) in [6, 6.07) is 4.35. The molecule has 0 saturated heterocycles. The summed E-state index contributed by atoms with van der Waals surface area (Å²) in [7, 11) is 0. The van der Waals surface area contributed by atoms with Crippen molar-refractivity contribution in [3.8, 4) is 11.3 Å². The van der Waals surface area contributed by atoms with Crippen molar-refractivity contribution in [2.24, 2.45) is 0 Å². The van der Waals surface area contributed by atoms with Crippen LogP contribution in [0.4, 0.5) is 10.1 Å². The van der Waals surface area contributed by atoms with Gasteiger partial charge in [0.1, 0.15) is 5.82 Å². The third kappa shape index (κ3) is 1.61. The minimum atomic E-state index is -0.321. The molecule has 0 saturated carbocycles. The summed E-state index contributed by atoms with van der Waals surface area (Å²) in [5, 5.41) is 2.89. The minimum absolute atomic E-state index is 0.321. The SMILES string of the molecule is Cc1nc(-c2ccc(F)cc2N)cs1. The number of rotatable bonds is 1. The van der Waals surface area contributed by atoms with E-state index in [2.05, 4.69) is 4.98 Å². The van der Waals surface area contributed by atoms with E-state index < -0.39 is 0 Å². The van der Waals surface area contributed by atoms with Crippen LogP contribution < -0.4 is 5.73 Å². The van der Waals surface area contributed by atoms with Crippen LogP contribution in [0.25, 0.3) is 11.3 Å². The van der Waals surface area contributed by atoms with Crippen molar-refractivity contribution in [2.45, 2.75) is 6.92 Å². The summed E-state index contributed by atoms with van der Waals surface area (Å²) in [5.41, 5.74) is 7.71. The van der Waals surface area contributed by atoms with Crippen molar-refractivity contribution in [1.82, 2.24) is 4.98 Å². The molecule has 1 aromatic carbocycles. The van der Waals surface area contributed by atoms with Gasteiger partial charge >= 0.3 is 0 Å². The Morgan fingerprint density at radius 2 is 2.21 bits per heavy atom. The minimum Gasteiger partial charge on any atom is -0.398 e. The maximum Gasteiger partial charge on any atom is 0.125 e. The number of nitrogens with two attached hydrogens (primary N) is 1. The number of thiazole rings is 1. The summed E-state index contributed by atoms with van der Waals surface area (Å²) < 4.78 is 12.8. The lowest BCUT2D eigenvalue weighted by Gasteiger charge is -2.01. The highest BCUT2D eigenvalue weighted by Crippen LogP contribution is 2.27. The molecule has 0 radical (unpaired) electrons. The molecule has 1 heterocycles. The standard InChI is InChI=1S/C10H9FN2S/c1-6-13-10(5-14-6)8-3-2-7(11)4-9(8)12/h2-5H,12H2,1H3. The molecular formula is C10H9FN2S. The van der Waals surface area contributed by atoms with Gasteiger partial charge in [-0.25, -0.2) is 9.37 Å². The quantitative estimate of drug-likeness (QED) is 0.732. The fraction of sp³-hybridized carbons (Fsp3) is 0.100. The molecule has 0 bridgehead atoms. The van der Waals surface area contributed by atoms with Crippen molar-refractivity contribution in [3.05, 3.63) is 34.4 Å². The van der Waals surface area contributed by atoms with E-state index in [4.69, 9.17) is 5.73 Å². The van der Waals surface area contributed by atoms with Crippen LogP contribution in [0.1, 0.15) is 5.01 Å². The number of nitrogen functional groups attached to an aromatic ring is 1. The van der Waals surface area contributed by atoms with Crippen LogP contribution in [0.2, 0.25) is 0 Å². The van der Waals surface area contributed by atoms with E-state index in [-0.39, 0.29) is 5.82 Å². The molecule has 0 aliphatic carbocycles. The van der Waals surface area contributed by atoms with Crippen molar-refractivity contribution < 1.29 is 4.39 Å². The largest absolute Gasteiger partial charge is 0.398 e. The highest BCUT2D eigenvalue weighted by Gasteiger charge is 2.06. The first-order valence-corrected chi connectivity index (χ1v) is 5.02. The van der Waals surface area contributed by atoms with E-state index in [1.807, 2.05) is 12.3 Å². The Labute approximate surface area is 85.2 Å². The van der Waals surface area contributed by atoms with E-state index in [9.17, 15) is 4.39 Å². The van der Waals surface area contributed by atoms with E-state index in [0.29, 0.717) is 5.69 Å². The number of anilines is 1. The number of benzene rings is 1. The Balaban J connectivity index is 2.52. The molecule has 2 aromatic rings. The van der Waals surface area contributed by atoms with Crippen molar-refractivity contribution in [1.29, 1.82) is 0 Å². The molecule has 0 fully saturated rings. The van der Waals surface area contributed by atoms with Crippen LogP contribution in [0, 0.1) is 12.7 Å². The lowest BCUT2D eigenvalue weighted by atomic mass is 10.1.